The lowest BCUT2D eigenvalue weighted by molar-refractivity contribution is -0.135. The van der Waals surface area contributed by atoms with Crippen molar-refractivity contribution in [2.75, 3.05) is 24.6 Å². The lowest BCUT2D eigenvalue weighted by atomic mass is 10.0. The van der Waals surface area contributed by atoms with Crippen molar-refractivity contribution in [3.63, 3.8) is 0 Å². The van der Waals surface area contributed by atoms with E-state index in [9.17, 15) is 43.2 Å². The molecule has 1 aliphatic rings. The summed E-state index contributed by atoms with van der Waals surface area (Å²) in [5.74, 6) is -6.53. The third-order valence-electron chi connectivity index (χ3n) is 12.1. The molecule has 24 nitrogen and oxygen atoms in total. The van der Waals surface area contributed by atoms with Crippen molar-refractivity contribution in [3.8, 4) is 0 Å². The number of unbranched alkanes of at least 4 members (excludes halogenated alkanes) is 1. The summed E-state index contributed by atoms with van der Waals surface area (Å²) >= 11 is 0. The molecule has 9 amide bonds. The van der Waals surface area contributed by atoms with Crippen molar-refractivity contribution in [2.45, 2.75) is 120 Å². The number of carbonyl (C=O) groups excluding carboxylic acids is 9. The maximum atomic E-state index is 14.6. The first-order valence-corrected chi connectivity index (χ1v) is 27.5. The lowest BCUT2D eigenvalue weighted by Crippen LogP contribution is -2.60. The van der Waals surface area contributed by atoms with Crippen LogP contribution in [0, 0.1) is 0 Å². The highest BCUT2D eigenvalue weighted by atomic mass is 33.1. The van der Waals surface area contributed by atoms with E-state index in [4.69, 9.17) is 17.2 Å². The Hall–Kier alpha value is -7.61. The number of rotatable bonds is 17. The van der Waals surface area contributed by atoms with Gasteiger partial charge >= 0.3 is 0 Å². The number of nitrogens with two attached hydrogens (primary N) is 3. The van der Waals surface area contributed by atoms with Crippen LogP contribution in [-0.2, 0) is 62.4 Å². The van der Waals surface area contributed by atoms with Crippen LogP contribution >= 0.6 is 21.6 Å². The number of para-hydroxylation sites is 1. The molecule has 4 aromatic rings. The number of hydrogen-bond donors (Lipinski definition) is 13. The van der Waals surface area contributed by atoms with Crippen LogP contribution in [0.15, 0.2) is 78.3 Å². The second kappa shape index (κ2) is 30.7. The van der Waals surface area contributed by atoms with Gasteiger partial charge in [-0.1, -0.05) is 89.9 Å². The topological polar surface area (TPSA) is 385 Å². The van der Waals surface area contributed by atoms with Crippen molar-refractivity contribution in [1.82, 2.24) is 57.5 Å². The van der Waals surface area contributed by atoms with Gasteiger partial charge < -0.3 is 69.7 Å². The highest BCUT2D eigenvalue weighted by Gasteiger charge is 2.34. The largest absolute Gasteiger partial charge is 0.370 e. The summed E-state index contributed by atoms with van der Waals surface area (Å²) in [4.78, 5) is 138. The number of nitrogens with one attached hydrogen (secondary N) is 10. The molecule has 1 aliphatic heterocycles. The van der Waals surface area contributed by atoms with Gasteiger partial charge in [-0.2, -0.15) is 0 Å². The van der Waals surface area contributed by atoms with Crippen LogP contribution in [0.25, 0.3) is 10.9 Å². The number of fused-ring (bicyclic) bond motifs is 1. The molecule has 0 radical (unpaired) electrons. The predicted octanol–water partition coefficient (Wildman–Crippen LogP) is -0.647. The van der Waals surface area contributed by atoms with E-state index in [0.717, 1.165) is 38.9 Å². The number of aromatic amines is 2. The van der Waals surface area contributed by atoms with E-state index in [1.165, 1.54) is 19.4 Å². The van der Waals surface area contributed by atoms with Crippen LogP contribution in [0.2, 0.25) is 0 Å². The average Bonchev–Trinajstić information content (AvgIpc) is 4.07. The van der Waals surface area contributed by atoms with Gasteiger partial charge in [-0.05, 0) is 42.9 Å². The van der Waals surface area contributed by atoms with Gasteiger partial charge in [0.15, 0.2) is 5.96 Å². The van der Waals surface area contributed by atoms with Crippen LogP contribution in [0.5, 0.6) is 0 Å². The van der Waals surface area contributed by atoms with E-state index in [2.05, 4.69) is 62.5 Å². The summed E-state index contributed by atoms with van der Waals surface area (Å²) in [6, 6.07) is 7.46. The zero-order valence-corrected chi connectivity index (χ0v) is 44.1. The van der Waals surface area contributed by atoms with Gasteiger partial charge in [-0.25, -0.2) is 4.98 Å². The number of carbonyl (C=O) groups is 9. The Balaban J connectivity index is 1.51. The molecule has 1 saturated heterocycles. The lowest BCUT2D eigenvalue weighted by Gasteiger charge is -2.27. The van der Waals surface area contributed by atoms with Crippen LogP contribution in [-0.4, -0.2) is 141 Å². The Morgan fingerprint density at radius 1 is 0.763 bits per heavy atom. The van der Waals surface area contributed by atoms with Gasteiger partial charge in [0.1, 0.15) is 42.3 Å². The van der Waals surface area contributed by atoms with Crippen LogP contribution < -0.4 is 59.7 Å². The fourth-order valence-corrected chi connectivity index (χ4v) is 10.5. The molecular formula is C50H69N15O9S2. The normalized spacial score (nSPS) is 21.4. The minimum atomic E-state index is -1.36. The fraction of sp³-hybridized carbons (Fsp3) is 0.460. The Kier molecular flexibility index (Phi) is 23.9. The maximum Gasteiger partial charge on any atom is 0.243 e. The van der Waals surface area contributed by atoms with Crippen molar-refractivity contribution < 1.29 is 43.2 Å². The number of aromatic nitrogens is 3. The SMILES string of the molecule is CCCC[C@H](NC(C)=O)C(=O)N[C@H]1CSSC[C@@H](C(N)=O)NC(=O)[C@H](Cc2c[nH]c3ccccc23)NC(=O)[C@H](CCCN=C(N)N)NC(=O)[C@@H](Cc2ccccc2)NC(=O)[C@H](Cc2cnc[nH]2)NC(=O)CCCNC1=O. The first-order chi connectivity index (χ1) is 36.5. The van der Waals surface area contributed by atoms with Crippen molar-refractivity contribution in [3.05, 3.63) is 90.1 Å². The van der Waals surface area contributed by atoms with E-state index in [0.29, 0.717) is 29.7 Å². The summed E-state index contributed by atoms with van der Waals surface area (Å²) in [7, 11) is 2.18. The zero-order valence-electron chi connectivity index (χ0n) is 42.5. The highest BCUT2D eigenvalue weighted by Crippen LogP contribution is 2.24. The third kappa shape index (κ3) is 19.6. The second-order valence-electron chi connectivity index (χ2n) is 18.2. The van der Waals surface area contributed by atoms with Crippen LogP contribution in [0.4, 0.5) is 0 Å². The van der Waals surface area contributed by atoms with E-state index in [1.807, 2.05) is 31.2 Å². The Morgan fingerprint density at radius 3 is 2.11 bits per heavy atom. The van der Waals surface area contributed by atoms with E-state index in [1.54, 1.807) is 36.5 Å². The first-order valence-electron chi connectivity index (χ1n) is 25.0. The number of benzene rings is 2. The number of aliphatic imine (C=N–C) groups is 1. The van der Waals surface area contributed by atoms with Crippen LogP contribution in [0.3, 0.4) is 0 Å². The Morgan fingerprint density at radius 2 is 1.42 bits per heavy atom. The van der Waals surface area contributed by atoms with Crippen molar-refractivity contribution in [2.24, 2.45) is 22.2 Å². The van der Waals surface area contributed by atoms with Gasteiger partial charge in [0.2, 0.25) is 53.2 Å². The molecule has 0 bridgehead atoms. The maximum absolute atomic E-state index is 14.6. The van der Waals surface area contributed by atoms with E-state index >= 15 is 0 Å². The van der Waals surface area contributed by atoms with Crippen molar-refractivity contribution >= 4 is 91.6 Å². The van der Waals surface area contributed by atoms with Crippen LogP contribution in [0.1, 0.15) is 75.6 Å². The molecule has 410 valence electrons. The van der Waals surface area contributed by atoms with Gasteiger partial charge in [0.25, 0.3) is 0 Å². The molecule has 0 spiro atoms. The number of amides is 9. The monoisotopic (exact) mass is 1090 g/mol. The third-order valence-corrected chi connectivity index (χ3v) is 14.5. The molecule has 26 heteroatoms. The fourth-order valence-electron chi connectivity index (χ4n) is 8.13. The summed E-state index contributed by atoms with van der Waals surface area (Å²) < 4.78 is 0. The number of hydrogen-bond acceptors (Lipinski definition) is 13. The van der Waals surface area contributed by atoms with E-state index < -0.39 is 95.5 Å². The minimum Gasteiger partial charge on any atom is -0.370 e. The molecule has 2 aromatic heterocycles. The predicted molar refractivity (Wildman–Crippen MR) is 289 cm³/mol. The molecule has 1 fully saturated rings. The minimum absolute atomic E-state index is 0.0203. The van der Waals surface area contributed by atoms with Gasteiger partial charge in [-0.15, -0.1) is 0 Å². The zero-order chi connectivity index (χ0) is 55.0. The summed E-state index contributed by atoms with van der Waals surface area (Å²) in [5, 5.41) is 22.7. The number of H-pyrrole nitrogens is 2. The highest BCUT2D eigenvalue weighted by molar-refractivity contribution is 8.76. The number of imidazole rings is 1. The smallest absolute Gasteiger partial charge is 0.243 e. The van der Waals surface area contributed by atoms with Gasteiger partial charge in [-0.3, -0.25) is 48.1 Å². The summed E-state index contributed by atoms with van der Waals surface area (Å²) in [6.45, 7) is 3.27. The van der Waals surface area contributed by atoms with Gasteiger partial charge in [0.05, 0.1) is 6.33 Å². The molecule has 3 heterocycles. The second-order valence-corrected chi connectivity index (χ2v) is 20.7. The molecule has 76 heavy (non-hydrogen) atoms. The summed E-state index contributed by atoms with van der Waals surface area (Å²) in [5.41, 5.74) is 19.6. The van der Waals surface area contributed by atoms with Crippen molar-refractivity contribution in [1.29, 1.82) is 0 Å². The molecular weight excluding hydrogens is 1020 g/mol. The molecule has 0 saturated carbocycles. The summed E-state index contributed by atoms with van der Waals surface area (Å²) in [6.07, 6.45) is 6.16. The van der Waals surface area contributed by atoms with E-state index in [-0.39, 0.29) is 75.5 Å². The standard InChI is InChI=1S/C50H69N15O9S2/c1-3-4-15-35(59-29(2)66)45(70)65-41-27-76-75-26-40(43(51)68)64-48(73)38(22-31-24-57-34-16-9-8-14-33(31)34)63-46(71)36(17-10-20-56-50(52)53)61-47(72)37(21-30-12-6-5-7-13-30)62-49(74)39(23-32-25-54-28-58-32)60-42(67)18-11-19-55-44(41)69/h5-9,12-14,16,24-25,28,35-41,57H,3-4,10-11,15,17-23,26-27H2,1-2H3,(H2,51,68)(H,54,58)(H,55,69)(H,59,66)(H,60,67)(H,61,72)(H,62,74)(H,63,71)(H,64,73)(H,65,70)(H4,52,53,56)/t35-,36-,37+,38-,39-,40-,41-/m0/s1. The van der Waals surface area contributed by atoms with Gasteiger partial charge in [0, 0.05) is 86.2 Å². The number of primary amides is 1. The first kappa shape index (κ1) is 59.3. The molecule has 5 rings (SSSR count). The Labute approximate surface area is 447 Å². The average molecular weight is 1090 g/mol. The molecule has 0 aliphatic carbocycles. The number of guanidine groups is 1. The molecule has 16 N–H and O–H groups in total. The quantitative estimate of drug-likeness (QED) is 0.0271. The molecule has 7 atom stereocenters. The molecule has 0 unspecified atom stereocenters. The molecule has 2 aromatic carbocycles. The Bertz CT molecular complexity index is 2630. The number of nitrogens with zero attached hydrogens (tertiary/aromatic N) is 2.